The first-order valence-electron chi connectivity index (χ1n) is 18.4. The first-order chi connectivity index (χ1) is 24.3. The molecule has 11 heteroatoms. The zero-order valence-corrected chi connectivity index (χ0v) is 30.3. The number of allylic oxidation sites excluding steroid dienone is 6. The van der Waals surface area contributed by atoms with Crippen molar-refractivity contribution >= 4 is 29.4 Å². The van der Waals surface area contributed by atoms with E-state index in [0.29, 0.717) is 24.6 Å². The predicted octanol–water partition coefficient (Wildman–Crippen LogP) is 4.88. The molecule has 6 rings (SSSR count). The molecule has 0 radical (unpaired) electrons. The summed E-state index contributed by atoms with van der Waals surface area (Å²) < 4.78 is 12.3. The van der Waals surface area contributed by atoms with E-state index in [9.17, 15) is 24.3 Å². The molecule has 3 aliphatic heterocycles. The average Bonchev–Trinajstić information content (AvgIpc) is 3.69. The van der Waals surface area contributed by atoms with Crippen LogP contribution in [-0.2, 0) is 28.7 Å². The van der Waals surface area contributed by atoms with Gasteiger partial charge in [-0.05, 0) is 61.7 Å². The van der Waals surface area contributed by atoms with Crippen molar-refractivity contribution in [2.45, 2.75) is 95.9 Å². The van der Waals surface area contributed by atoms with Crippen LogP contribution in [0, 0.1) is 23.2 Å². The van der Waals surface area contributed by atoms with Gasteiger partial charge in [0.25, 0.3) is 0 Å². The van der Waals surface area contributed by atoms with Crippen molar-refractivity contribution in [1.82, 2.24) is 15.1 Å². The fourth-order valence-corrected chi connectivity index (χ4v) is 7.96. The number of fused-ring (bicyclic) bond motifs is 1. The Bertz CT molecular complexity index is 1620. The third kappa shape index (κ3) is 7.62. The number of aliphatic carboxylic acids is 1. The lowest BCUT2D eigenvalue weighted by Gasteiger charge is -2.36. The number of rotatable bonds is 11. The van der Waals surface area contributed by atoms with Gasteiger partial charge in [0, 0.05) is 37.9 Å². The number of aliphatic imine (C=N–C) groups is 1. The van der Waals surface area contributed by atoms with Crippen LogP contribution in [-0.4, -0.2) is 94.8 Å². The fraction of sp³-hybridized carbons (Fsp3) is 0.575. The number of carbonyl (C=O) groups is 4. The lowest BCUT2D eigenvalue weighted by molar-refractivity contribution is -0.149. The third-order valence-corrected chi connectivity index (χ3v) is 11.2. The normalized spacial score (nSPS) is 30.5. The summed E-state index contributed by atoms with van der Waals surface area (Å²) in [5.74, 6) is -1.97. The minimum Gasteiger partial charge on any atom is -0.497 e. The predicted molar refractivity (Wildman–Crippen MR) is 193 cm³/mol. The summed E-state index contributed by atoms with van der Waals surface area (Å²) in [6.07, 6.45) is 20.4. The van der Waals surface area contributed by atoms with Crippen LogP contribution in [0.25, 0.3) is 0 Å². The van der Waals surface area contributed by atoms with E-state index in [1.165, 1.54) is 4.90 Å². The van der Waals surface area contributed by atoms with Gasteiger partial charge in [0.1, 0.15) is 29.2 Å². The van der Waals surface area contributed by atoms with Crippen LogP contribution in [0.1, 0.15) is 72.1 Å². The highest BCUT2D eigenvalue weighted by Crippen LogP contribution is 2.45. The lowest BCUT2D eigenvalue weighted by Crippen LogP contribution is -2.54. The van der Waals surface area contributed by atoms with Crippen molar-refractivity contribution in [2.24, 2.45) is 28.2 Å². The van der Waals surface area contributed by atoms with Gasteiger partial charge < -0.3 is 29.7 Å². The van der Waals surface area contributed by atoms with Crippen LogP contribution >= 0.6 is 0 Å². The number of amides is 3. The summed E-state index contributed by atoms with van der Waals surface area (Å²) >= 11 is 0. The Balaban J connectivity index is 1.29. The number of hydrogen-bond donors (Lipinski definition) is 2. The highest BCUT2D eigenvalue weighted by Gasteiger charge is 2.61. The van der Waals surface area contributed by atoms with Gasteiger partial charge in [-0.2, -0.15) is 0 Å². The second-order valence-electron chi connectivity index (χ2n) is 15.7. The molecule has 3 fully saturated rings. The van der Waals surface area contributed by atoms with Crippen LogP contribution in [0.4, 0.5) is 0 Å². The summed E-state index contributed by atoms with van der Waals surface area (Å²) in [7, 11) is 1.62. The highest BCUT2D eigenvalue weighted by molar-refractivity contribution is 6.11. The largest absolute Gasteiger partial charge is 0.497 e. The number of likely N-dealkylation sites (tertiary alicyclic amines) is 2. The van der Waals surface area contributed by atoms with Gasteiger partial charge in [-0.15, -0.1) is 6.58 Å². The van der Waals surface area contributed by atoms with Gasteiger partial charge in [0.05, 0.1) is 37.2 Å². The first kappa shape index (κ1) is 36.4. The molecule has 51 heavy (non-hydrogen) atoms. The zero-order chi connectivity index (χ0) is 36.5. The van der Waals surface area contributed by atoms with Gasteiger partial charge in [-0.25, -0.2) is 4.79 Å². The number of carbonyl (C=O) groups excluding carboxylic acids is 3. The van der Waals surface area contributed by atoms with Gasteiger partial charge in [-0.3, -0.25) is 19.4 Å². The smallest absolute Gasteiger partial charge is 0.330 e. The third-order valence-electron chi connectivity index (χ3n) is 11.2. The zero-order valence-electron chi connectivity index (χ0n) is 30.3. The quantitative estimate of drug-likeness (QED) is 0.293. The molecule has 1 saturated carbocycles. The van der Waals surface area contributed by atoms with Crippen molar-refractivity contribution < 1.29 is 33.8 Å². The molecule has 0 aromatic carbocycles. The molecule has 3 amide bonds. The number of ether oxygens (including phenoxy) is 2. The topological polar surface area (TPSA) is 138 Å². The molecule has 6 aliphatic rings. The molecule has 0 bridgehead atoms. The SMILES string of the molecule is C=CC1CC1(NC(=O)[C@@H]1C[C@@H](OC2=CC(C3=CCCC=C3)=NC3C=C(OC)C=CC23)CN1C(=O)[C@@H](CC(=O)N1CCCCC1)C(C)(C)C)C(=O)O. The van der Waals surface area contributed by atoms with E-state index >= 15 is 0 Å². The second kappa shape index (κ2) is 14.7. The molecule has 4 unspecified atom stereocenters. The van der Waals surface area contributed by atoms with E-state index in [1.807, 2.05) is 50.0 Å². The maximum Gasteiger partial charge on any atom is 0.330 e. The molecular formula is C40H52N4O7. The first-order valence-corrected chi connectivity index (χ1v) is 18.4. The Kier molecular flexibility index (Phi) is 10.5. The summed E-state index contributed by atoms with van der Waals surface area (Å²) in [6.45, 7) is 11.0. The number of methoxy groups -OCH3 is 1. The Labute approximate surface area is 300 Å². The van der Waals surface area contributed by atoms with Crippen molar-refractivity contribution in [3.63, 3.8) is 0 Å². The van der Waals surface area contributed by atoms with E-state index in [2.05, 4.69) is 30.1 Å². The Morgan fingerprint density at radius 3 is 2.55 bits per heavy atom. The van der Waals surface area contributed by atoms with E-state index < -0.39 is 46.8 Å². The van der Waals surface area contributed by atoms with Gasteiger partial charge in [0.15, 0.2) is 0 Å². The van der Waals surface area contributed by atoms with Crippen molar-refractivity contribution in [1.29, 1.82) is 0 Å². The van der Waals surface area contributed by atoms with E-state index in [4.69, 9.17) is 14.5 Å². The van der Waals surface area contributed by atoms with Crippen LogP contribution < -0.4 is 5.32 Å². The Morgan fingerprint density at radius 1 is 1.16 bits per heavy atom. The monoisotopic (exact) mass is 700 g/mol. The molecule has 3 aliphatic carbocycles. The lowest BCUT2D eigenvalue weighted by atomic mass is 9.77. The minimum absolute atomic E-state index is 0.0343. The van der Waals surface area contributed by atoms with Crippen LogP contribution in [0.5, 0.6) is 0 Å². The van der Waals surface area contributed by atoms with E-state index in [0.717, 1.165) is 43.4 Å². The van der Waals surface area contributed by atoms with Gasteiger partial charge >= 0.3 is 5.97 Å². The molecule has 0 aromatic rings. The maximum atomic E-state index is 14.7. The number of dihydropyridines is 1. The van der Waals surface area contributed by atoms with Crippen molar-refractivity contribution in [3.05, 3.63) is 72.3 Å². The Hall–Kier alpha value is -4.41. The van der Waals surface area contributed by atoms with Crippen LogP contribution in [0.3, 0.4) is 0 Å². The van der Waals surface area contributed by atoms with Crippen molar-refractivity contribution in [3.8, 4) is 0 Å². The average molecular weight is 701 g/mol. The standard InChI is InChI=1S/C40H52N4O7/c1-6-26-23-40(26,38(48)49)42-36(46)33-20-28(24-44(33)37(47)30(39(2,3)4)21-35(45)43-17-11-8-12-18-43)51-34-22-31(25-13-9-7-10-14-25)41-32-19-27(50-5)15-16-29(32)34/h6,9,13-16,19,22,26,28-30,32-33H,1,7-8,10-12,17-18,20-21,23-24H2,2-5H3,(H,42,46)(H,48,49)/t26?,28-,29?,30-,32?,33+,40?/m1/s1. The molecule has 0 aromatic heterocycles. The molecule has 2 N–H and O–H groups in total. The summed E-state index contributed by atoms with van der Waals surface area (Å²) in [5.41, 5.74) is -0.237. The van der Waals surface area contributed by atoms with Gasteiger partial charge in [0.2, 0.25) is 17.7 Å². The summed E-state index contributed by atoms with van der Waals surface area (Å²) in [4.78, 5) is 63.0. The summed E-state index contributed by atoms with van der Waals surface area (Å²) in [6, 6.07) is -1.25. The molecule has 7 atom stereocenters. The summed E-state index contributed by atoms with van der Waals surface area (Å²) in [5, 5.41) is 12.9. The Morgan fingerprint density at radius 2 is 1.92 bits per heavy atom. The maximum absolute atomic E-state index is 14.7. The minimum atomic E-state index is -1.45. The van der Waals surface area contributed by atoms with Crippen LogP contribution in [0.2, 0.25) is 0 Å². The van der Waals surface area contributed by atoms with Crippen LogP contribution in [0.15, 0.2) is 77.3 Å². The number of piperidine rings is 1. The highest BCUT2D eigenvalue weighted by atomic mass is 16.5. The number of carboxylic acid groups (broad SMARTS) is 1. The number of hydrogen-bond acceptors (Lipinski definition) is 7. The molecule has 0 spiro atoms. The van der Waals surface area contributed by atoms with E-state index in [-0.39, 0.29) is 49.6 Å². The number of carboxylic acids is 1. The number of nitrogens with zero attached hydrogens (tertiary/aromatic N) is 3. The molecule has 3 heterocycles. The fourth-order valence-electron chi connectivity index (χ4n) is 7.96. The molecule has 11 nitrogen and oxygen atoms in total. The van der Waals surface area contributed by atoms with Gasteiger partial charge in [-0.1, -0.05) is 51.2 Å². The molecule has 274 valence electrons. The van der Waals surface area contributed by atoms with E-state index in [1.54, 1.807) is 13.2 Å². The molecular weight excluding hydrogens is 648 g/mol. The second-order valence-corrected chi connectivity index (χ2v) is 15.7. The number of nitrogens with one attached hydrogen (secondary N) is 1. The molecule has 2 saturated heterocycles. The van der Waals surface area contributed by atoms with Crippen molar-refractivity contribution in [2.75, 3.05) is 26.7 Å².